The molecular formula is C32H33F5N3O3-. The molecule has 11 heteroatoms. The van der Waals surface area contributed by atoms with E-state index in [2.05, 4.69) is 4.98 Å². The molecule has 0 saturated carbocycles. The van der Waals surface area contributed by atoms with E-state index in [1.165, 1.54) is 11.0 Å². The molecule has 2 aromatic carbocycles. The summed E-state index contributed by atoms with van der Waals surface area (Å²) in [5.41, 5.74) is 3.22. The van der Waals surface area contributed by atoms with Crippen molar-refractivity contribution in [1.29, 1.82) is 0 Å². The van der Waals surface area contributed by atoms with Gasteiger partial charge in [-0.3, -0.25) is 4.90 Å². The van der Waals surface area contributed by atoms with Crippen molar-refractivity contribution in [2.45, 2.75) is 51.3 Å². The maximum Gasteiger partial charge on any atom is 0.401 e. The number of benzene rings is 2. The fraction of sp³-hybridized carbons (Fsp3) is 0.438. The Morgan fingerprint density at radius 3 is 2.37 bits per heavy atom. The molecule has 0 N–H and O–H groups in total. The van der Waals surface area contributed by atoms with Crippen molar-refractivity contribution in [3.05, 3.63) is 76.9 Å². The second kappa shape index (κ2) is 12.9. The third kappa shape index (κ3) is 7.62. The van der Waals surface area contributed by atoms with Crippen molar-refractivity contribution in [2.75, 3.05) is 37.6 Å². The van der Waals surface area contributed by atoms with Gasteiger partial charge in [0.15, 0.2) is 11.6 Å². The molecule has 0 aliphatic carbocycles. The molecule has 3 heterocycles. The summed E-state index contributed by atoms with van der Waals surface area (Å²) in [6.45, 7) is 2.73. The van der Waals surface area contributed by atoms with E-state index in [-0.39, 0.29) is 23.8 Å². The average molecular weight is 603 g/mol. The molecule has 2 saturated heterocycles. The van der Waals surface area contributed by atoms with Crippen molar-refractivity contribution in [2.24, 2.45) is 5.92 Å². The highest BCUT2D eigenvalue weighted by atomic mass is 19.4. The number of aryl methyl sites for hydroxylation is 1. The number of carbonyl (C=O) groups is 1. The van der Waals surface area contributed by atoms with Crippen molar-refractivity contribution < 1.29 is 36.6 Å². The van der Waals surface area contributed by atoms with Crippen LogP contribution in [0.1, 0.15) is 48.3 Å². The maximum absolute atomic E-state index is 15.1. The molecule has 0 spiro atoms. The van der Waals surface area contributed by atoms with Crippen LogP contribution in [-0.2, 0) is 11.4 Å². The number of carboxylic acids is 1. The molecule has 0 bridgehead atoms. The number of hydrogen-bond acceptors (Lipinski definition) is 6. The van der Waals surface area contributed by atoms with E-state index in [0.29, 0.717) is 63.4 Å². The van der Waals surface area contributed by atoms with E-state index in [4.69, 9.17) is 4.74 Å². The Kier molecular flexibility index (Phi) is 9.19. The van der Waals surface area contributed by atoms with Crippen LogP contribution in [0.5, 0.6) is 5.75 Å². The fourth-order valence-electron chi connectivity index (χ4n) is 5.95. The van der Waals surface area contributed by atoms with Crippen LogP contribution in [0.2, 0.25) is 0 Å². The van der Waals surface area contributed by atoms with Gasteiger partial charge in [0.05, 0.1) is 12.2 Å². The first-order valence-electron chi connectivity index (χ1n) is 14.4. The lowest BCUT2D eigenvalue weighted by molar-refractivity contribution is -0.312. The van der Waals surface area contributed by atoms with Crippen LogP contribution < -0.4 is 14.7 Å². The number of carbonyl (C=O) groups excluding carboxylic acids is 1. The molecule has 2 aliphatic heterocycles. The molecule has 1 aromatic heterocycles. The number of nitrogens with zero attached hydrogens (tertiary/aromatic N) is 3. The summed E-state index contributed by atoms with van der Waals surface area (Å²) in [4.78, 5) is 19.2. The minimum Gasteiger partial charge on any atom is -0.550 e. The summed E-state index contributed by atoms with van der Waals surface area (Å²) in [5.74, 6) is -2.62. The molecule has 6 nitrogen and oxygen atoms in total. The highest BCUT2D eigenvalue weighted by Crippen LogP contribution is 2.36. The first kappa shape index (κ1) is 30.7. The van der Waals surface area contributed by atoms with Crippen LogP contribution in [-0.4, -0.2) is 54.8 Å². The maximum atomic E-state index is 15.1. The summed E-state index contributed by atoms with van der Waals surface area (Å²) in [6, 6.07) is 12.9. The Balaban J connectivity index is 1.28. The molecular weight excluding hydrogens is 569 g/mol. The highest BCUT2D eigenvalue weighted by molar-refractivity contribution is 5.70. The monoisotopic (exact) mass is 602 g/mol. The number of rotatable bonds is 8. The zero-order valence-electron chi connectivity index (χ0n) is 23.8. The van der Waals surface area contributed by atoms with Crippen molar-refractivity contribution in [3.63, 3.8) is 0 Å². The lowest BCUT2D eigenvalue weighted by atomic mass is 9.88. The molecule has 0 amide bonds. The average Bonchev–Trinajstić information content (AvgIpc) is 2.96. The number of hydrogen-bond donors (Lipinski definition) is 0. The van der Waals surface area contributed by atoms with Crippen LogP contribution >= 0.6 is 0 Å². The molecule has 43 heavy (non-hydrogen) atoms. The predicted molar refractivity (Wildman–Crippen MR) is 150 cm³/mol. The van der Waals surface area contributed by atoms with Gasteiger partial charge < -0.3 is 19.5 Å². The molecule has 5 rings (SSSR count). The quantitative estimate of drug-likeness (QED) is 0.312. The Bertz CT molecular complexity index is 1450. The number of alkyl halides is 3. The smallest absolute Gasteiger partial charge is 0.401 e. The van der Waals surface area contributed by atoms with Crippen LogP contribution in [0.15, 0.2) is 48.5 Å². The van der Waals surface area contributed by atoms with Gasteiger partial charge in [-0.15, -0.1) is 0 Å². The standard InChI is InChI=1S/C32H34F5N3O3/c1-20-15-23(21-7-11-39(12-8-21)19-32(35,36)37)5-6-24(20)18-43-30-26(16-25(33)17-27(30)34)28-3-2-4-29(38-28)40-13-9-22(10-14-40)31(41)42/h2-6,15-17,21-22H,7-14,18-19H2,1H3,(H,41,42)/p-1. The highest BCUT2D eigenvalue weighted by Gasteiger charge is 2.33. The molecule has 2 fully saturated rings. The Morgan fingerprint density at radius 1 is 1.00 bits per heavy atom. The Labute approximate surface area is 247 Å². The first-order valence-corrected chi connectivity index (χ1v) is 14.4. The molecule has 2 aliphatic rings. The number of ether oxygens (including phenoxy) is 1. The van der Waals surface area contributed by atoms with Gasteiger partial charge in [-0.1, -0.05) is 24.3 Å². The van der Waals surface area contributed by atoms with Gasteiger partial charge in [0.2, 0.25) is 0 Å². The topological polar surface area (TPSA) is 68.7 Å². The molecule has 3 aromatic rings. The van der Waals surface area contributed by atoms with Gasteiger partial charge in [-0.2, -0.15) is 13.2 Å². The number of likely N-dealkylation sites (tertiary alicyclic amines) is 1. The summed E-state index contributed by atoms with van der Waals surface area (Å²) < 4.78 is 73.6. The summed E-state index contributed by atoms with van der Waals surface area (Å²) in [6.07, 6.45) is -2.08. The molecule has 230 valence electrons. The van der Waals surface area contributed by atoms with E-state index >= 15 is 4.39 Å². The minimum atomic E-state index is -4.20. The Hall–Kier alpha value is -3.73. The normalized spacial score (nSPS) is 17.3. The first-order chi connectivity index (χ1) is 20.5. The number of carboxylic acid groups (broad SMARTS) is 1. The lowest BCUT2D eigenvalue weighted by Crippen LogP contribution is -2.41. The predicted octanol–water partition coefficient (Wildman–Crippen LogP) is 5.62. The van der Waals surface area contributed by atoms with E-state index in [1.54, 1.807) is 18.2 Å². The number of halogens is 5. The van der Waals surface area contributed by atoms with E-state index in [9.17, 15) is 27.5 Å². The van der Waals surface area contributed by atoms with E-state index < -0.39 is 36.2 Å². The second-order valence-corrected chi connectivity index (χ2v) is 11.4. The van der Waals surface area contributed by atoms with Crippen LogP contribution in [0.3, 0.4) is 0 Å². The Morgan fingerprint density at radius 2 is 1.72 bits per heavy atom. The molecule has 0 radical (unpaired) electrons. The van der Waals surface area contributed by atoms with Gasteiger partial charge in [-0.05, 0) is 86.5 Å². The van der Waals surface area contributed by atoms with Crippen LogP contribution in [0, 0.1) is 24.5 Å². The van der Waals surface area contributed by atoms with Crippen LogP contribution in [0.4, 0.5) is 27.8 Å². The minimum absolute atomic E-state index is 0.0160. The zero-order chi connectivity index (χ0) is 30.7. The number of pyridine rings is 1. The van der Waals surface area contributed by atoms with Gasteiger partial charge in [-0.25, -0.2) is 13.8 Å². The molecule has 0 unspecified atom stereocenters. The van der Waals surface area contributed by atoms with E-state index in [1.807, 2.05) is 30.0 Å². The zero-order valence-corrected chi connectivity index (χ0v) is 23.8. The number of piperidine rings is 2. The fourth-order valence-corrected chi connectivity index (χ4v) is 5.95. The second-order valence-electron chi connectivity index (χ2n) is 11.4. The van der Waals surface area contributed by atoms with Gasteiger partial charge >= 0.3 is 6.18 Å². The summed E-state index contributed by atoms with van der Waals surface area (Å²) in [7, 11) is 0. The van der Waals surface area contributed by atoms with E-state index in [0.717, 1.165) is 22.8 Å². The van der Waals surface area contributed by atoms with Crippen molar-refractivity contribution in [1.82, 2.24) is 9.88 Å². The number of anilines is 1. The largest absolute Gasteiger partial charge is 0.550 e. The summed E-state index contributed by atoms with van der Waals surface area (Å²) in [5, 5.41) is 11.2. The molecule has 0 atom stereocenters. The SMILES string of the molecule is Cc1cc(C2CCN(CC(F)(F)F)CC2)ccc1COc1c(F)cc(F)cc1-c1cccc(N2CCC(C(=O)[O-])CC2)n1. The lowest BCUT2D eigenvalue weighted by Gasteiger charge is -2.33. The third-order valence-electron chi connectivity index (χ3n) is 8.37. The number of aliphatic carboxylic acids is 1. The third-order valence-corrected chi connectivity index (χ3v) is 8.37. The van der Waals surface area contributed by atoms with Gasteiger partial charge in [0.1, 0.15) is 18.2 Å². The summed E-state index contributed by atoms with van der Waals surface area (Å²) >= 11 is 0. The van der Waals surface area contributed by atoms with Gasteiger partial charge in [0.25, 0.3) is 0 Å². The van der Waals surface area contributed by atoms with Crippen molar-refractivity contribution >= 4 is 11.8 Å². The van der Waals surface area contributed by atoms with Crippen molar-refractivity contribution in [3.8, 4) is 17.0 Å². The number of aromatic nitrogens is 1. The van der Waals surface area contributed by atoms with Gasteiger partial charge in [0, 0.05) is 36.6 Å². The van der Waals surface area contributed by atoms with Crippen LogP contribution in [0.25, 0.3) is 11.3 Å².